The maximum absolute atomic E-state index is 13.5. The normalized spacial score (nSPS) is 17.0. The first-order chi connectivity index (χ1) is 15.4. The number of benzene rings is 1. The number of carbonyl (C=O) groups excluding carboxylic acids is 1. The molecule has 0 unspecified atom stereocenters. The van der Waals surface area contributed by atoms with Crippen LogP contribution in [0.3, 0.4) is 0 Å². The SMILES string of the molecule is Cc1ccc(C)c(CN2CCCN(C(=O)c3sc4nc5n(c(=O)c4c3C)CCCC5)C2)c1. The zero-order chi connectivity index (χ0) is 22.4. The Hall–Kier alpha value is -2.51. The van der Waals surface area contributed by atoms with Gasteiger partial charge in [-0.2, -0.15) is 0 Å². The summed E-state index contributed by atoms with van der Waals surface area (Å²) in [5.74, 6) is 0.894. The second-order valence-corrected chi connectivity index (χ2v) is 10.2. The second kappa shape index (κ2) is 8.45. The Morgan fingerprint density at radius 3 is 2.78 bits per heavy atom. The topological polar surface area (TPSA) is 58.4 Å². The molecule has 0 saturated carbocycles. The van der Waals surface area contributed by atoms with Gasteiger partial charge >= 0.3 is 0 Å². The minimum Gasteiger partial charge on any atom is -0.325 e. The Morgan fingerprint density at radius 2 is 1.94 bits per heavy atom. The fourth-order valence-corrected chi connectivity index (χ4v) is 6.11. The van der Waals surface area contributed by atoms with Crippen molar-refractivity contribution in [2.75, 3.05) is 19.8 Å². The summed E-state index contributed by atoms with van der Waals surface area (Å²) in [5.41, 5.74) is 4.68. The molecule has 5 rings (SSSR count). The van der Waals surface area contributed by atoms with E-state index in [1.165, 1.54) is 28.0 Å². The summed E-state index contributed by atoms with van der Waals surface area (Å²) in [6.45, 7) is 10.1. The van der Waals surface area contributed by atoms with Gasteiger partial charge in [-0.1, -0.05) is 23.8 Å². The maximum atomic E-state index is 13.5. The average Bonchev–Trinajstić information content (AvgIpc) is 3.12. The van der Waals surface area contributed by atoms with E-state index in [1.54, 1.807) is 0 Å². The molecule has 1 fully saturated rings. The monoisotopic (exact) mass is 450 g/mol. The van der Waals surface area contributed by atoms with E-state index in [0.717, 1.165) is 63.3 Å². The van der Waals surface area contributed by atoms with Crippen LogP contribution in [0.2, 0.25) is 0 Å². The minimum atomic E-state index is 0.0210. The third-order valence-corrected chi connectivity index (χ3v) is 7.99. The van der Waals surface area contributed by atoms with E-state index in [-0.39, 0.29) is 11.5 Å². The van der Waals surface area contributed by atoms with Gasteiger partial charge in [0.15, 0.2) is 0 Å². The van der Waals surface area contributed by atoms with Crippen molar-refractivity contribution in [3.05, 3.63) is 61.5 Å². The van der Waals surface area contributed by atoms with Gasteiger partial charge in [0.2, 0.25) is 0 Å². The first-order valence-corrected chi connectivity index (χ1v) is 12.3. The van der Waals surface area contributed by atoms with E-state index in [2.05, 4.69) is 36.9 Å². The van der Waals surface area contributed by atoms with Crippen LogP contribution in [0.5, 0.6) is 0 Å². The highest BCUT2D eigenvalue weighted by Gasteiger charge is 2.28. The molecule has 0 spiro atoms. The molecule has 2 aliphatic heterocycles. The lowest BCUT2D eigenvalue weighted by Crippen LogP contribution is -2.47. The molecule has 0 atom stereocenters. The Morgan fingerprint density at radius 1 is 1.09 bits per heavy atom. The summed E-state index contributed by atoms with van der Waals surface area (Å²) in [6.07, 6.45) is 3.87. The molecule has 1 saturated heterocycles. The Labute approximate surface area is 192 Å². The van der Waals surface area contributed by atoms with Crippen molar-refractivity contribution in [2.45, 2.75) is 59.5 Å². The summed E-state index contributed by atoms with van der Waals surface area (Å²) < 4.78 is 1.81. The lowest BCUT2D eigenvalue weighted by molar-refractivity contribution is 0.0483. The van der Waals surface area contributed by atoms with Crippen LogP contribution in [-0.2, 0) is 19.5 Å². The Bertz CT molecular complexity index is 1260. The third kappa shape index (κ3) is 3.77. The molecule has 1 aromatic carbocycles. The van der Waals surface area contributed by atoms with E-state index in [1.807, 2.05) is 16.4 Å². The molecule has 1 amide bonds. The van der Waals surface area contributed by atoms with Gasteiger partial charge in [-0.05, 0) is 56.7 Å². The number of nitrogens with zero attached hydrogens (tertiary/aromatic N) is 4. The van der Waals surface area contributed by atoms with Gasteiger partial charge in [-0.15, -0.1) is 11.3 Å². The molecule has 4 heterocycles. The Balaban J connectivity index is 1.41. The fraction of sp³-hybridized carbons (Fsp3) is 0.480. The molecule has 0 aliphatic carbocycles. The van der Waals surface area contributed by atoms with Crippen LogP contribution in [0, 0.1) is 20.8 Å². The number of hydrogen-bond acceptors (Lipinski definition) is 5. The van der Waals surface area contributed by atoms with Crippen molar-refractivity contribution in [3.63, 3.8) is 0 Å². The first kappa shape index (κ1) is 21.3. The van der Waals surface area contributed by atoms with Crippen LogP contribution in [0.1, 0.15) is 57.0 Å². The molecule has 0 N–H and O–H groups in total. The molecule has 0 radical (unpaired) electrons. The predicted octanol–water partition coefficient (Wildman–Crippen LogP) is 4.03. The summed E-state index contributed by atoms with van der Waals surface area (Å²) in [5, 5.41) is 0.633. The third-order valence-electron chi connectivity index (χ3n) is 6.81. The molecule has 2 aliphatic rings. The highest BCUT2D eigenvalue weighted by molar-refractivity contribution is 7.20. The van der Waals surface area contributed by atoms with E-state index in [0.29, 0.717) is 21.8 Å². The zero-order valence-electron chi connectivity index (χ0n) is 19.1. The highest BCUT2D eigenvalue weighted by atomic mass is 32.1. The van der Waals surface area contributed by atoms with Gasteiger partial charge in [-0.25, -0.2) is 4.98 Å². The van der Waals surface area contributed by atoms with Crippen molar-refractivity contribution < 1.29 is 4.79 Å². The number of fused-ring (bicyclic) bond motifs is 2. The summed E-state index contributed by atoms with van der Waals surface area (Å²) in [4.78, 5) is 37.1. The first-order valence-electron chi connectivity index (χ1n) is 11.5. The van der Waals surface area contributed by atoms with Crippen LogP contribution < -0.4 is 5.56 Å². The number of aryl methyl sites for hydroxylation is 4. The molecule has 6 nitrogen and oxygen atoms in total. The summed E-state index contributed by atoms with van der Waals surface area (Å²) in [6, 6.07) is 6.56. The number of thiophene rings is 1. The van der Waals surface area contributed by atoms with Crippen molar-refractivity contribution in [1.29, 1.82) is 0 Å². The van der Waals surface area contributed by atoms with Crippen LogP contribution >= 0.6 is 11.3 Å². The molecule has 168 valence electrons. The van der Waals surface area contributed by atoms with Crippen LogP contribution in [0.25, 0.3) is 10.2 Å². The maximum Gasteiger partial charge on any atom is 0.265 e. The van der Waals surface area contributed by atoms with Crippen LogP contribution in [0.4, 0.5) is 0 Å². The van der Waals surface area contributed by atoms with Gasteiger partial charge in [-0.3, -0.25) is 19.1 Å². The molecule has 3 aromatic rings. The number of carbonyl (C=O) groups is 1. The van der Waals surface area contributed by atoms with Crippen LogP contribution in [-0.4, -0.2) is 45.0 Å². The summed E-state index contributed by atoms with van der Waals surface area (Å²) in [7, 11) is 0. The van der Waals surface area contributed by atoms with Gasteiger partial charge in [0.05, 0.1) is 16.9 Å². The van der Waals surface area contributed by atoms with Crippen molar-refractivity contribution in [3.8, 4) is 0 Å². The molecular weight excluding hydrogens is 420 g/mol. The Kier molecular flexibility index (Phi) is 5.63. The largest absolute Gasteiger partial charge is 0.325 e. The molecule has 7 heteroatoms. The van der Waals surface area contributed by atoms with Gasteiger partial charge in [0.1, 0.15) is 10.7 Å². The van der Waals surface area contributed by atoms with Gasteiger partial charge < -0.3 is 4.90 Å². The fourth-order valence-electron chi connectivity index (χ4n) is 4.96. The smallest absolute Gasteiger partial charge is 0.265 e. The average molecular weight is 451 g/mol. The second-order valence-electron chi connectivity index (χ2n) is 9.22. The van der Waals surface area contributed by atoms with E-state index in [4.69, 9.17) is 4.98 Å². The lowest BCUT2D eigenvalue weighted by Gasteiger charge is -2.35. The standard InChI is InChI=1S/C25H30N4O2S/c1-16-8-9-17(2)19(13-16)14-27-10-6-11-28(15-27)25(31)22-18(3)21-23(32-22)26-20-7-4-5-12-29(20)24(21)30/h8-9,13H,4-7,10-12,14-15H2,1-3H3. The highest BCUT2D eigenvalue weighted by Crippen LogP contribution is 2.30. The van der Waals surface area contributed by atoms with Crippen molar-refractivity contribution in [2.24, 2.45) is 0 Å². The molecular formula is C25H30N4O2S. The van der Waals surface area contributed by atoms with Crippen molar-refractivity contribution >= 4 is 27.5 Å². The van der Waals surface area contributed by atoms with Crippen molar-refractivity contribution in [1.82, 2.24) is 19.4 Å². The van der Waals surface area contributed by atoms with Gasteiger partial charge in [0.25, 0.3) is 11.5 Å². The van der Waals surface area contributed by atoms with E-state index in [9.17, 15) is 9.59 Å². The number of hydrogen-bond donors (Lipinski definition) is 0. The molecule has 2 aromatic heterocycles. The number of amides is 1. The van der Waals surface area contributed by atoms with Gasteiger partial charge in [0, 0.05) is 32.6 Å². The number of aromatic nitrogens is 2. The number of rotatable bonds is 3. The summed E-state index contributed by atoms with van der Waals surface area (Å²) >= 11 is 1.39. The van der Waals surface area contributed by atoms with E-state index >= 15 is 0 Å². The molecule has 32 heavy (non-hydrogen) atoms. The predicted molar refractivity (Wildman–Crippen MR) is 128 cm³/mol. The molecule has 0 bridgehead atoms. The lowest BCUT2D eigenvalue weighted by atomic mass is 10.0. The van der Waals surface area contributed by atoms with E-state index < -0.39 is 0 Å². The van der Waals surface area contributed by atoms with Crippen LogP contribution in [0.15, 0.2) is 23.0 Å². The quantitative estimate of drug-likeness (QED) is 0.605. The zero-order valence-corrected chi connectivity index (χ0v) is 19.9. The minimum absolute atomic E-state index is 0.0210.